The SMILES string of the molecule is Cc1ccn(CC(F)F)c(=O)c1N1C[C@@H](c2ccc(Cl)cc2)C(NC(=O)c2ccc(OC(F)(F)F)cc2)C1=O. The number of halogens is 6. The van der Waals surface area contributed by atoms with Crippen molar-refractivity contribution in [2.24, 2.45) is 0 Å². The fourth-order valence-corrected chi connectivity index (χ4v) is 4.54. The highest BCUT2D eigenvalue weighted by Gasteiger charge is 2.44. The molecule has 0 saturated carbocycles. The number of hydrogen-bond acceptors (Lipinski definition) is 4. The molecule has 2 heterocycles. The number of alkyl halides is 5. The molecule has 1 unspecified atom stereocenters. The van der Waals surface area contributed by atoms with Crippen LogP contribution in [-0.2, 0) is 11.3 Å². The zero-order valence-corrected chi connectivity index (χ0v) is 21.0. The first-order valence-corrected chi connectivity index (χ1v) is 11.9. The van der Waals surface area contributed by atoms with Gasteiger partial charge in [0.15, 0.2) is 0 Å². The minimum Gasteiger partial charge on any atom is -0.406 e. The van der Waals surface area contributed by atoms with E-state index in [9.17, 15) is 36.3 Å². The summed E-state index contributed by atoms with van der Waals surface area (Å²) in [5.74, 6) is -2.61. The van der Waals surface area contributed by atoms with Gasteiger partial charge in [-0.25, -0.2) is 8.78 Å². The van der Waals surface area contributed by atoms with Crippen LogP contribution in [0.1, 0.15) is 27.4 Å². The largest absolute Gasteiger partial charge is 0.573 e. The smallest absolute Gasteiger partial charge is 0.406 e. The molecule has 2 amide bonds. The van der Waals surface area contributed by atoms with Crippen molar-refractivity contribution in [3.8, 4) is 5.75 Å². The van der Waals surface area contributed by atoms with Crippen molar-refractivity contribution in [3.63, 3.8) is 0 Å². The Kier molecular flexibility index (Phi) is 7.96. The lowest BCUT2D eigenvalue weighted by atomic mass is 9.94. The molecule has 1 aliphatic rings. The Balaban J connectivity index is 1.67. The molecule has 13 heteroatoms. The Morgan fingerprint density at radius 1 is 1.08 bits per heavy atom. The van der Waals surface area contributed by atoms with E-state index in [1.807, 2.05) is 0 Å². The number of carbonyl (C=O) groups is 2. The Morgan fingerprint density at radius 2 is 1.72 bits per heavy atom. The van der Waals surface area contributed by atoms with E-state index < -0.39 is 54.4 Å². The van der Waals surface area contributed by atoms with Crippen molar-refractivity contribution in [1.82, 2.24) is 9.88 Å². The molecule has 206 valence electrons. The topological polar surface area (TPSA) is 80.6 Å². The van der Waals surface area contributed by atoms with E-state index in [0.29, 0.717) is 16.1 Å². The number of hydrogen-bond donors (Lipinski definition) is 1. The summed E-state index contributed by atoms with van der Waals surface area (Å²) in [7, 11) is 0. The zero-order chi connectivity index (χ0) is 28.5. The van der Waals surface area contributed by atoms with E-state index in [1.54, 1.807) is 31.2 Å². The number of nitrogens with zero attached hydrogens (tertiary/aromatic N) is 2. The first-order valence-electron chi connectivity index (χ1n) is 11.6. The third-order valence-electron chi connectivity index (χ3n) is 6.19. The predicted octanol–water partition coefficient (Wildman–Crippen LogP) is 4.90. The Morgan fingerprint density at radius 3 is 2.31 bits per heavy atom. The highest BCUT2D eigenvalue weighted by atomic mass is 35.5. The van der Waals surface area contributed by atoms with E-state index in [1.165, 1.54) is 12.3 Å². The molecule has 2 atom stereocenters. The molecule has 1 aliphatic heterocycles. The molecule has 1 fully saturated rings. The Labute approximate surface area is 223 Å². The van der Waals surface area contributed by atoms with Gasteiger partial charge in [-0.15, -0.1) is 13.2 Å². The van der Waals surface area contributed by atoms with Gasteiger partial charge >= 0.3 is 6.36 Å². The molecule has 1 N–H and O–H groups in total. The molecular weight excluding hydrogens is 549 g/mol. The van der Waals surface area contributed by atoms with Crippen molar-refractivity contribution < 1.29 is 36.3 Å². The van der Waals surface area contributed by atoms with Crippen LogP contribution < -0.4 is 20.5 Å². The average Bonchev–Trinajstić information content (AvgIpc) is 3.16. The summed E-state index contributed by atoms with van der Waals surface area (Å²) in [5.41, 5.74) is 0.0657. The number of benzene rings is 2. The fourth-order valence-electron chi connectivity index (χ4n) is 4.41. The lowest BCUT2D eigenvalue weighted by Crippen LogP contribution is -2.44. The molecule has 39 heavy (non-hydrogen) atoms. The molecule has 0 bridgehead atoms. The maximum Gasteiger partial charge on any atom is 0.573 e. The molecule has 1 saturated heterocycles. The molecule has 3 aromatic rings. The van der Waals surface area contributed by atoms with Crippen LogP contribution >= 0.6 is 11.6 Å². The Hall–Kier alpha value is -3.93. The van der Waals surface area contributed by atoms with Gasteiger partial charge in [0.2, 0.25) is 5.91 Å². The summed E-state index contributed by atoms with van der Waals surface area (Å²) in [6.45, 7) is 0.645. The first kappa shape index (κ1) is 28.1. The molecule has 0 spiro atoms. The number of anilines is 1. The van der Waals surface area contributed by atoms with Gasteiger partial charge in [0, 0.05) is 29.2 Å². The second-order valence-corrected chi connectivity index (χ2v) is 9.26. The second kappa shape index (κ2) is 11.0. The van der Waals surface area contributed by atoms with E-state index in [0.717, 1.165) is 33.7 Å². The van der Waals surface area contributed by atoms with Crippen molar-refractivity contribution in [3.05, 3.63) is 92.9 Å². The van der Waals surface area contributed by atoms with Crippen molar-refractivity contribution in [2.75, 3.05) is 11.4 Å². The van der Waals surface area contributed by atoms with Gasteiger partial charge in [-0.1, -0.05) is 23.7 Å². The van der Waals surface area contributed by atoms with Crippen LogP contribution in [0.5, 0.6) is 5.75 Å². The molecule has 0 aliphatic carbocycles. The van der Waals surface area contributed by atoms with Crippen LogP contribution in [0.3, 0.4) is 0 Å². The number of nitrogens with one attached hydrogen (secondary N) is 1. The molecule has 7 nitrogen and oxygen atoms in total. The fraction of sp³-hybridized carbons (Fsp3) is 0.269. The highest BCUT2D eigenvalue weighted by molar-refractivity contribution is 6.30. The standard InChI is InChI=1S/C26H21ClF5N3O4/c1-14-10-11-34(13-20(28)29)25(38)22(14)35-12-19(15-2-6-17(27)7-3-15)21(24(35)37)33-23(36)16-4-8-18(9-5-16)39-26(30,31)32/h2-11,19-21H,12-13H2,1H3,(H,33,36)/t19-,21?/m0/s1. The van der Waals surface area contributed by atoms with Crippen LogP contribution in [0.25, 0.3) is 0 Å². The number of ether oxygens (including phenoxy) is 1. The summed E-state index contributed by atoms with van der Waals surface area (Å²) < 4.78 is 68.0. The third-order valence-corrected chi connectivity index (χ3v) is 6.45. The van der Waals surface area contributed by atoms with Gasteiger partial charge in [0.1, 0.15) is 17.5 Å². The number of pyridine rings is 1. The van der Waals surface area contributed by atoms with Crippen LogP contribution in [0.2, 0.25) is 5.02 Å². The van der Waals surface area contributed by atoms with E-state index in [2.05, 4.69) is 10.1 Å². The minimum absolute atomic E-state index is 0.0409. The molecule has 4 rings (SSSR count). The predicted molar refractivity (Wildman–Crippen MR) is 132 cm³/mol. The van der Waals surface area contributed by atoms with Gasteiger partial charge in [0.25, 0.3) is 17.9 Å². The van der Waals surface area contributed by atoms with Crippen LogP contribution in [-0.4, -0.2) is 41.8 Å². The van der Waals surface area contributed by atoms with E-state index in [4.69, 9.17) is 11.6 Å². The molecular formula is C26H21ClF5N3O4. The number of aryl methyl sites for hydroxylation is 1. The lowest BCUT2D eigenvalue weighted by molar-refractivity contribution is -0.274. The van der Waals surface area contributed by atoms with Crippen LogP contribution in [0, 0.1) is 6.92 Å². The summed E-state index contributed by atoms with van der Waals surface area (Å²) in [4.78, 5) is 40.8. The summed E-state index contributed by atoms with van der Waals surface area (Å²) in [6, 6.07) is 10.9. The normalized spacial score (nSPS) is 17.5. The van der Waals surface area contributed by atoms with Crippen molar-refractivity contribution in [2.45, 2.75) is 38.2 Å². The van der Waals surface area contributed by atoms with Crippen LogP contribution in [0.15, 0.2) is 65.6 Å². The summed E-state index contributed by atoms with van der Waals surface area (Å²) in [6.07, 6.45) is -6.48. The highest BCUT2D eigenvalue weighted by Crippen LogP contribution is 2.33. The quantitative estimate of drug-likeness (QED) is 0.410. The third kappa shape index (κ3) is 6.39. The van der Waals surface area contributed by atoms with Gasteiger partial charge < -0.3 is 19.5 Å². The van der Waals surface area contributed by atoms with Crippen molar-refractivity contribution >= 4 is 29.1 Å². The number of rotatable bonds is 7. The zero-order valence-electron chi connectivity index (χ0n) is 20.2. The monoisotopic (exact) mass is 569 g/mol. The maximum absolute atomic E-state index is 13.6. The van der Waals surface area contributed by atoms with Gasteiger partial charge in [-0.2, -0.15) is 0 Å². The second-order valence-electron chi connectivity index (χ2n) is 8.83. The Bertz CT molecular complexity index is 1430. The molecule has 1 aromatic heterocycles. The summed E-state index contributed by atoms with van der Waals surface area (Å²) >= 11 is 5.99. The first-order chi connectivity index (χ1) is 18.3. The number of carbonyl (C=O) groups excluding carboxylic acids is 2. The number of aromatic nitrogens is 1. The molecule has 2 aromatic carbocycles. The lowest BCUT2D eigenvalue weighted by Gasteiger charge is -2.20. The molecule has 0 radical (unpaired) electrons. The van der Waals surface area contributed by atoms with Crippen LogP contribution in [0.4, 0.5) is 27.6 Å². The minimum atomic E-state index is -4.90. The van der Waals surface area contributed by atoms with E-state index in [-0.39, 0.29) is 17.8 Å². The van der Waals surface area contributed by atoms with Gasteiger partial charge in [-0.3, -0.25) is 14.4 Å². The average molecular weight is 570 g/mol. The van der Waals surface area contributed by atoms with Gasteiger partial charge in [0.05, 0.1) is 6.54 Å². The van der Waals surface area contributed by atoms with E-state index >= 15 is 0 Å². The maximum atomic E-state index is 13.6. The van der Waals surface area contributed by atoms with Gasteiger partial charge in [-0.05, 0) is 60.5 Å². The summed E-state index contributed by atoms with van der Waals surface area (Å²) in [5, 5.41) is 3.03. The van der Waals surface area contributed by atoms with Crippen molar-refractivity contribution in [1.29, 1.82) is 0 Å². The number of amides is 2.